The maximum atomic E-state index is 11.8. The topological polar surface area (TPSA) is 61.8 Å². The Morgan fingerprint density at radius 1 is 1.41 bits per heavy atom. The van der Waals surface area contributed by atoms with Crippen LogP contribution >= 0.6 is 0 Å². The molecule has 2 aliphatic rings. The van der Waals surface area contributed by atoms with Crippen LogP contribution in [0, 0.1) is 0 Å². The van der Waals surface area contributed by atoms with E-state index >= 15 is 0 Å². The van der Waals surface area contributed by atoms with Gasteiger partial charge in [0, 0.05) is 46.4 Å². The number of hydrogen-bond acceptors (Lipinski definition) is 6. The van der Waals surface area contributed by atoms with Gasteiger partial charge in [-0.3, -0.25) is 4.79 Å². The van der Waals surface area contributed by atoms with Gasteiger partial charge >= 0.3 is 0 Å². The van der Waals surface area contributed by atoms with Gasteiger partial charge in [0.25, 0.3) is 0 Å². The molecule has 0 saturated carbocycles. The number of nitrogens with zero attached hydrogens (tertiary/aromatic N) is 5. The first kappa shape index (κ1) is 15.0. The van der Waals surface area contributed by atoms with Crippen LogP contribution in [0.25, 0.3) is 0 Å². The van der Waals surface area contributed by atoms with E-state index in [0.717, 1.165) is 50.7 Å². The molecular formula is C15H23N5O2. The van der Waals surface area contributed by atoms with Crippen LogP contribution in [0.2, 0.25) is 0 Å². The van der Waals surface area contributed by atoms with Gasteiger partial charge in [-0.25, -0.2) is 9.97 Å². The van der Waals surface area contributed by atoms with Crippen LogP contribution in [0.4, 0.5) is 11.6 Å². The van der Waals surface area contributed by atoms with Crippen molar-refractivity contribution >= 4 is 17.5 Å². The summed E-state index contributed by atoms with van der Waals surface area (Å²) in [4.78, 5) is 26.4. The minimum Gasteiger partial charge on any atom is -0.376 e. The molecule has 1 unspecified atom stereocenters. The fourth-order valence-electron chi connectivity index (χ4n) is 2.86. The molecule has 2 aliphatic heterocycles. The Morgan fingerprint density at radius 2 is 2.27 bits per heavy atom. The number of amides is 1. The highest BCUT2D eigenvalue weighted by Crippen LogP contribution is 2.20. The highest BCUT2D eigenvalue weighted by molar-refractivity contribution is 5.82. The largest absolute Gasteiger partial charge is 0.376 e. The molecule has 120 valence electrons. The van der Waals surface area contributed by atoms with Gasteiger partial charge in [-0.2, -0.15) is 0 Å². The quantitative estimate of drug-likeness (QED) is 0.801. The molecule has 0 radical (unpaired) electrons. The second-order valence-electron chi connectivity index (χ2n) is 5.99. The Balaban J connectivity index is 1.67. The summed E-state index contributed by atoms with van der Waals surface area (Å²) in [6.07, 6.45) is 4.10. The predicted molar refractivity (Wildman–Crippen MR) is 84.1 cm³/mol. The van der Waals surface area contributed by atoms with Crippen molar-refractivity contribution in [2.75, 3.05) is 56.7 Å². The van der Waals surface area contributed by atoms with Crippen LogP contribution in [0.15, 0.2) is 12.4 Å². The molecule has 3 heterocycles. The van der Waals surface area contributed by atoms with Crippen molar-refractivity contribution in [2.45, 2.75) is 18.9 Å². The minimum atomic E-state index is 0.124. The Labute approximate surface area is 130 Å². The number of anilines is 2. The van der Waals surface area contributed by atoms with E-state index < -0.39 is 0 Å². The van der Waals surface area contributed by atoms with Gasteiger partial charge in [0.2, 0.25) is 5.91 Å². The lowest BCUT2D eigenvalue weighted by atomic mass is 10.2. The Kier molecular flexibility index (Phi) is 4.42. The summed E-state index contributed by atoms with van der Waals surface area (Å²) >= 11 is 0. The van der Waals surface area contributed by atoms with E-state index in [9.17, 15) is 4.79 Å². The summed E-state index contributed by atoms with van der Waals surface area (Å²) in [6, 6.07) is 1.95. The number of piperazine rings is 1. The maximum Gasteiger partial charge on any atom is 0.241 e. The van der Waals surface area contributed by atoms with Crippen LogP contribution in [-0.4, -0.2) is 73.8 Å². The first-order valence-electron chi connectivity index (χ1n) is 7.77. The summed E-state index contributed by atoms with van der Waals surface area (Å²) in [6.45, 7) is 3.59. The molecular weight excluding hydrogens is 282 g/mol. The van der Waals surface area contributed by atoms with Gasteiger partial charge in [-0.05, 0) is 12.8 Å². The SMILES string of the molecule is CN1CCN(c2cc(N(C)CC3CCCO3)ncn2)CC1=O. The summed E-state index contributed by atoms with van der Waals surface area (Å²) in [5.41, 5.74) is 0. The van der Waals surface area contributed by atoms with Crippen LogP contribution in [0.5, 0.6) is 0 Å². The van der Waals surface area contributed by atoms with E-state index in [2.05, 4.69) is 14.9 Å². The van der Waals surface area contributed by atoms with Crippen LogP contribution in [0.1, 0.15) is 12.8 Å². The lowest BCUT2D eigenvalue weighted by Gasteiger charge is -2.33. The number of likely N-dealkylation sites (N-methyl/N-ethyl adjacent to an activating group) is 2. The lowest BCUT2D eigenvalue weighted by Crippen LogP contribution is -2.48. The van der Waals surface area contributed by atoms with Crippen molar-refractivity contribution in [1.82, 2.24) is 14.9 Å². The third kappa shape index (κ3) is 3.30. The van der Waals surface area contributed by atoms with Crippen molar-refractivity contribution in [1.29, 1.82) is 0 Å². The fraction of sp³-hybridized carbons (Fsp3) is 0.667. The second-order valence-corrected chi connectivity index (χ2v) is 5.99. The van der Waals surface area contributed by atoms with Gasteiger partial charge in [0.1, 0.15) is 18.0 Å². The summed E-state index contributed by atoms with van der Waals surface area (Å²) in [7, 11) is 3.85. The molecule has 1 amide bonds. The standard InChI is InChI=1S/C15H23N5O2/c1-18-5-6-20(10-15(18)21)14-8-13(16-11-17-14)19(2)9-12-4-3-7-22-12/h8,11-12H,3-7,9-10H2,1-2H3. The van der Waals surface area contributed by atoms with Crippen LogP contribution < -0.4 is 9.80 Å². The van der Waals surface area contributed by atoms with Gasteiger partial charge < -0.3 is 19.4 Å². The van der Waals surface area contributed by atoms with Crippen molar-refractivity contribution < 1.29 is 9.53 Å². The summed E-state index contributed by atoms with van der Waals surface area (Å²) < 4.78 is 5.67. The predicted octanol–water partition coefficient (Wildman–Crippen LogP) is 0.370. The van der Waals surface area contributed by atoms with E-state index in [1.165, 1.54) is 0 Å². The van der Waals surface area contributed by atoms with E-state index in [1.807, 2.05) is 25.1 Å². The van der Waals surface area contributed by atoms with Gasteiger partial charge in [-0.15, -0.1) is 0 Å². The van der Waals surface area contributed by atoms with Crippen molar-refractivity contribution in [3.8, 4) is 0 Å². The highest BCUT2D eigenvalue weighted by Gasteiger charge is 2.23. The molecule has 0 aromatic carbocycles. The van der Waals surface area contributed by atoms with Gasteiger partial charge in [0.15, 0.2) is 0 Å². The molecule has 1 aromatic heterocycles. The molecule has 2 fully saturated rings. The molecule has 7 heteroatoms. The maximum absolute atomic E-state index is 11.8. The number of aromatic nitrogens is 2. The summed E-state index contributed by atoms with van der Waals surface area (Å²) in [5, 5.41) is 0. The Morgan fingerprint density at radius 3 is 3.00 bits per heavy atom. The average Bonchev–Trinajstić information content (AvgIpc) is 3.03. The number of carbonyl (C=O) groups is 1. The Hall–Kier alpha value is -1.89. The third-order valence-electron chi connectivity index (χ3n) is 4.31. The van der Waals surface area contributed by atoms with E-state index in [0.29, 0.717) is 6.54 Å². The third-order valence-corrected chi connectivity index (χ3v) is 4.31. The van der Waals surface area contributed by atoms with Crippen molar-refractivity contribution in [3.05, 3.63) is 12.4 Å². The molecule has 0 aliphatic carbocycles. The van der Waals surface area contributed by atoms with E-state index in [4.69, 9.17) is 4.74 Å². The number of ether oxygens (including phenoxy) is 1. The molecule has 1 aromatic rings. The van der Waals surface area contributed by atoms with Crippen molar-refractivity contribution in [2.24, 2.45) is 0 Å². The van der Waals surface area contributed by atoms with Crippen LogP contribution in [0.3, 0.4) is 0 Å². The van der Waals surface area contributed by atoms with E-state index in [-0.39, 0.29) is 12.0 Å². The first-order valence-corrected chi connectivity index (χ1v) is 7.77. The zero-order valence-corrected chi connectivity index (χ0v) is 13.2. The summed E-state index contributed by atoms with van der Waals surface area (Å²) in [5.74, 6) is 1.80. The van der Waals surface area contributed by atoms with Gasteiger partial charge in [-0.1, -0.05) is 0 Å². The second kappa shape index (κ2) is 6.48. The van der Waals surface area contributed by atoms with Crippen LogP contribution in [-0.2, 0) is 9.53 Å². The lowest BCUT2D eigenvalue weighted by molar-refractivity contribution is -0.129. The minimum absolute atomic E-state index is 0.124. The fourth-order valence-corrected chi connectivity index (χ4v) is 2.86. The number of hydrogen-bond donors (Lipinski definition) is 0. The molecule has 1 atom stereocenters. The zero-order chi connectivity index (χ0) is 15.5. The smallest absolute Gasteiger partial charge is 0.241 e. The number of carbonyl (C=O) groups excluding carboxylic acids is 1. The molecule has 0 spiro atoms. The molecule has 7 nitrogen and oxygen atoms in total. The number of rotatable bonds is 4. The van der Waals surface area contributed by atoms with Crippen molar-refractivity contribution in [3.63, 3.8) is 0 Å². The highest BCUT2D eigenvalue weighted by atomic mass is 16.5. The molecule has 0 N–H and O–H groups in total. The first-order chi connectivity index (χ1) is 10.6. The van der Waals surface area contributed by atoms with E-state index in [1.54, 1.807) is 11.2 Å². The molecule has 22 heavy (non-hydrogen) atoms. The molecule has 0 bridgehead atoms. The average molecular weight is 305 g/mol. The Bertz CT molecular complexity index is 532. The van der Waals surface area contributed by atoms with Gasteiger partial charge in [0.05, 0.1) is 12.6 Å². The molecule has 3 rings (SSSR count). The zero-order valence-electron chi connectivity index (χ0n) is 13.2. The normalized spacial score (nSPS) is 22.3. The monoisotopic (exact) mass is 305 g/mol. The molecule has 2 saturated heterocycles.